The van der Waals surface area contributed by atoms with Gasteiger partial charge in [-0.15, -0.1) is 0 Å². The van der Waals surface area contributed by atoms with Crippen LogP contribution in [0.2, 0.25) is 0 Å². The second kappa shape index (κ2) is 4.71. The minimum Gasteiger partial charge on any atom is -0.348 e. The second-order valence-corrected chi connectivity index (χ2v) is 5.50. The van der Waals surface area contributed by atoms with Gasteiger partial charge in [0.25, 0.3) is 0 Å². The molecule has 1 fully saturated rings. The molecule has 1 aliphatic rings. The average molecular weight is 267 g/mol. The summed E-state index contributed by atoms with van der Waals surface area (Å²) in [5, 5.41) is 3.08. The summed E-state index contributed by atoms with van der Waals surface area (Å²) in [6, 6.07) is 9.98. The summed E-state index contributed by atoms with van der Waals surface area (Å²) in [4.78, 5) is 20.8. The predicted octanol–water partition coefficient (Wildman–Crippen LogP) is 2.30. The average Bonchev–Trinajstić information content (AvgIpc) is 2.76. The fourth-order valence-corrected chi connectivity index (χ4v) is 3.09. The lowest BCUT2D eigenvalue weighted by molar-refractivity contribution is -0.119. The first-order valence-corrected chi connectivity index (χ1v) is 6.73. The maximum Gasteiger partial charge on any atom is 0.221 e. The molecule has 1 aromatic carbocycles. The summed E-state index contributed by atoms with van der Waals surface area (Å²) in [6.07, 6.45) is 3.81. The number of carbonyl (C=O) groups is 1. The van der Waals surface area contributed by atoms with Gasteiger partial charge in [0.1, 0.15) is 0 Å². The third-order valence-electron chi connectivity index (χ3n) is 4.03. The lowest BCUT2D eigenvalue weighted by Gasteiger charge is -2.30. The zero-order valence-corrected chi connectivity index (χ0v) is 11.6. The van der Waals surface area contributed by atoms with Gasteiger partial charge in [-0.25, -0.2) is 0 Å². The maximum atomic E-state index is 12.0. The maximum absolute atomic E-state index is 12.0. The standard InChI is InChI=1S/C16H17N3O/c1-11-14(18-9-8-17-11)16(2)10-13(20)19-15(16)12-6-4-3-5-7-12/h3-9,15H,10H2,1-2H3,(H,19,20). The molecule has 0 saturated carbocycles. The number of rotatable bonds is 2. The Morgan fingerprint density at radius 3 is 2.60 bits per heavy atom. The Hall–Kier alpha value is -2.23. The highest BCUT2D eigenvalue weighted by molar-refractivity contribution is 5.81. The van der Waals surface area contributed by atoms with Crippen molar-refractivity contribution in [2.45, 2.75) is 31.7 Å². The highest BCUT2D eigenvalue weighted by Gasteiger charge is 2.47. The van der Waals surface area contributed by atoms with Crippen LogP contribution in [0.15, 0.2) is 42.7 Å². The minimum absolute atomic E-state index is 0.0615. The number of benzene rings is 1. The third kappa shape index (κ3) is 1.97. The smallest absolute Gasteiger partial charge is 0.221 e. The quantitative estimate of drug-likeness (QED) is 0.908. The highest BCUT2D eigenvalue weighted by atomic mass is 16.2. The van der Waals surface area contributed by atoms with Crippen molar-refractivity contribution in [2.75, 3.05) is 0 Å². The molecule has 20 heavy (non-hydrogen) atoms. The summed E-state index contributed by atoms with van der Waals surface area (Å²) < 4.78 is 0. The molecule has 0 radical (unpaired) electrons. The van der Waals surface area contributed by atoms with Gasteiger partial charge in [0.15, 0.2) is 0 Å². The van der Waals surface area contributed by atoms with E-state index in [0.29, 0.717) is 6.42 Å². The zero-order chi connectivity index (χ0) is 14.2. The number of nitrogens with zero attached hydrogens (tertiary/aromatic N) is 2. The number of hydrogen-bond donors (Lipinski definition) is 1. The van der Waals surface area contributed by atoms with Crippen LogP contribution in [-0.4, -0.2) is 15.9 Å². The number of carbonyl (C=O) groups excluding carboxylic acids is 1. The summed E-state index contributed by atoms with van der Waals surface area (Å²) in [7, 11) is 0. The van der Waals surface area contributed by atoms with E-state index >= 15 is 0 Å². The zero-order valence-electron chi connectivity index (χ0n) is 11.6. The normalized spacial score (nSPS) is 25.5. The van der Waals surface area contributed by atoms with Crippen molar-refractivity contribution in [3.63, 3.8) is 0 Å². The summed E-state index contributed by atoms with van der Waals surface area (Å²) in [5.74, 6) is 0.0615. The first-order chi connectivity index (χ1) is 9.61. The number of aryl methyl sites for hydroxylation is 1. The van der Waals surface area contributed by atoms with Crippen LogP contribution in [0.3, 0.4) is 0 Å². The Bertz CT molecular complexity index is 641. The van der Waals surface area contributed by atoms with E-state index in [0.717, 1.165) is 17.0 Å². The van der Waals surface area contributed by atoms with Gasteiger partial charge in [-0.05, 0) is 12.5 Å². The topological polar surface area (TPSA) is 54.9 Å². The van der Waals surface area contributed by atoms with Crippen LogP contribution < -0.4 is 5.32 Å². The van der Waals surface area contributed by atoms with Crippen LogP contribution in [0.4, 0.5) is 0 Å². The third-order valence-corrected chi connectivity index (χ3v) is 4.03. The van der Waals surface area contributed by atoms with Gasteiger partial charge >= 0.3 is 0 Å². The van der Waals surface area contributed by atoms with Crippen LogP contribution >= 0.6 is 0 Å². The fraction of sp³-hybridized carbons (Fsp3) is 0.312. The lowest BCUT2D eigenvalue weighted by Crippen LogP contribution is -2.32. The molecule has 1 saturated heterocycles. The molecule has 2 heterocycles. The molecule has 1 N–H and O–H groups in total. The fourth-order valence-electron chi connectivity index (χ4n) is 3.09. The van der Waals surface area contributed by atoms with Crippen LogP contribution in [0.1, 0.15) is 36.3 Å². The Kier molecular flexibility index (Phi) is 3.01. The van der Waals surface area contributed by atoms with E-state index < -0.39 is 0 Å². The molecule has 4 nitrogen and oxygen atoms in total. The van der Waals surface area contributed by atoms with Crippen LogP contribution in [0, 0.1) is 6.92 Å². The number of aromatic nitrogens is 2. The largest absolute Gasteiger partial charge is 0.348 e. The van der Waals surface area contributed by atoms with E-state index in [4.69, 9.17) is 0 Å². The van der Waals surface area contributed by atoms with Crippen molar-refractivity contribution in [3.8, 4) is 0 Å². The highest BCUT2D eigenvalue weighted by Crippen LogP contribution is 2.43. The molecular formula is C16H17N3O. The van der Waals surface area contributed by atoms with E-state index in [1.54, 1.807) is 12.4 Å². The molecule has 0 spiro atoms. The van der Waals surface area contributed by atoms with Gasteiger partial charge in [-0.2, -0.15) is 0 Å². The minimum atomic E-state index is -0.364. The molecule has 102 valence electrons. The van der Waals surface area contributed by atoms with Crippen molar-refractivity contribution in [3.05, 3.63) is 59.7 Å². The van der Waals surface area contributed by atoms with E-state index in [-0.39, 0.29) is 17.4 Å². The van der Waals surface area contributed by atoms with Gasteiger partial charge in [0, 0.05) is 24.2 Å². The van der Waals surface area contributed by atoms with E-state index in [2.05, 4.69) is 22.2 Å². The second-order valence-electron chi connectivity index (χ2n) is 5.50. The Balaban J connectivity index is 2.10. The van der Waals surface area contributed by atoms with Crippen molar-refractivity contribution < 1.29 is 4.79 Å². The van der Waals surface area contributed by atoms with Gasteiger partial charge in [-0.1, -0.05) is 37.3 Å². The Morgan fingerprint density at radius 2 is 1.90 bits per heavy atom. The molecule has 1 aromatic heterocycles. The van der Waals surface area contributed by atoms with Gasteiger partial charge < -0.3 is 5.32 Å². The van der Waals surface area contributed by atoms with E-state index in [1.807, 2.05) is 37.3 Å². The monoisotopic (exact) mass is 267 g/mol. The van der Waals surface area contributed by atoms with Gasteiger partial charge in [-0.3, -0.25) is 14.8 Å². The van der Waals surface area contributed by atoms with Crippen molar-refractivity contribution in [2.24, 2.45) is 0 Å². The molecule has 3 rings (SSSR count). The number of nitrogens with one attached hydrogen (secondary N) is 1. The van der Waals surface area contributed by atoms with Gasteiger partial charge in [0.2, 0.25) is 5.91 Å². The molecule has 2 unspecified atom stereocenters. The summed E-state index contributed by atoms with van der Waals surface area (Å²) in [5.41, 5.74) is 2.52. The van der Waals surface area contributed by atoms with Gasteiger partial charge in [0.05, 0.1) is 17.4 Å². The molecular weight excluding hydrogens is 250 g/mol. The number of hydrogen-bond acceptors (Lipinski definition) is 3. The predicted molar refractivity (Wildman–Crippen MR) is 76.1 cm³/mol. The molecule has 2 atom stereocenters. The van der Waals surface area contributed by atoms with Crippen LogP contribution in [0.25, 0.3) is 0 Å². The SMILES string of the molecule is Cc1nccnc1C1(C)CC(=O)NC1c1ccccc1. The molecule has 1 aliphatic heterocycles. The molecule has 0 aliphatic carbocycles. The van der Waals surface area contributed by atoms with Crippen LogP contribution in [-0.2, 0) is 10.2 Å². The van der Waals surface area contributed by atoms with Crippen molar-refractivity contribution >= 4 is 5.91 Å². The van der Waals surface area contributed by atoms with E-state index in [1.165, 1.54) is 0 Å². The molecule has 1 amide bonds. The summed E-state index contributed by atoms with van der Waals surface area (Å²) >= 11 is 0. The lowest BCUT2D eigenvalue weighted by atomic mass is 9.75. The Labute approximate surface area is 118 Å². The van der Waals surface area contributed by atoms with Crippen molar-refractivity contribution in [1.29, 1.82) is 0 Å². The first kappa shape index (κ1) is 12.8. The molecule has 4 heteroatoms. The molecule has 2 aromatic rings. The van der Waals surface area contributed by atoms with E-state index in [9.17, 15) is 4.79 Å². The van der Waals surface area contributed by atoms with Crippen molar-refractivity contribution in [1.82, 2.24) is 15.3 Å². The molecule has 0 bridgehead atoms. The Morgan fingerprint density at radius 1 is 1.20 bits per heavy atom. The van der Waals surface area contributed by atoms with Crippen LogP contribution in [0.5, 0.6) is 0 Å². The number of amides is 1. The first-order valence-electron chi connectivity index (χ1n) is 6.73. The summed E-state index contributed by atoms with van der Waals surface area (Å²) in [6.45, 7) is 4.03.